The molecule has 0 radical (unpaired) electrons. The molecule has 0 bridgehead atoms. The maximum absolute atomic E-state index is 12.1. The molecule has 2 rings (SSSR count). The van der Waals surface area contributed by atoms with Crippen LogP contribution in [-0.4, -0.2) is 74.0 Å². The molecule has 10 nitrogen and oxygen atoms in total. The smallest absolute Gasteiger partial charge is 0.441 e. The summed E-state index contributed by atoms with van der Waals surface area (Å²) in [6.45, 7) is -0.849. The summed E-state index contributed by atoms with van der Waals surface area (Å²) in [4.78, 5) is 43.9. The van der Waals surface area contributed by atoms with Crippen LogP contribution >= 0.6 is 0 Å². The molecule has 2 heterocycles. The summed E-state index contributed by atoms with van der Waals surface area (Å²) in [7, 11) is 0. The maximum atomic E-state index is 12.1. The molecule has 0 aliphatic carbocycles. The van der Waals surface area contributed by atoms with E-state index in [1.807, 2.05) is 0 Å². The molecule has 0 aromatic carbocycles. The minimum atomic E-state index is -5.32. The van der Waals surface area contributed by atoms with Gasteiger partial charge < -0.3 is 18.9 Å². The van der Waals surface area contributed by atoms with Gasteiger partial charge in [0, 0.05) is 0 Å². The van der Waals surface area contributed by atoms with Crippen LogP contribution in [0.4, 0.5) is 35.9 Å². The fourth-order valence-corrected chi connectivity index (χ4v) is 2.29. The number of hydrogen-bond donors (Lipinski definition) is 2. The molecule has 2 aliphatic rings. The van der Waals surface area contributed by atoms with Crippen molar-refractivity contribution in [3.05, 3.63) is 0 Å². The molecule has 0 aromatic rings. The van der Waals surface area contributed by atoms with E-state index in [2.05, 4.69) is 9.47 Å². The SMILES string of the molecule is O=C(NC(=O)C(F)(F)F)O[C@H]1CO[C@H]2[C@@H]1OC[C@H]2OC(=O)NC(=O)C(F)(F)F. The lowest BCUT2D eigenvalue weighted by Crippen LogP contribution is -2.45. The van der Waals surface area contributed by atoms with Crippen LogP contribution in [0.5, 0.6) is 0 Å². The average Bonchev–Trinajstić information content (AvgIpc) is 3.09. The Morgan fingerprint density at radius 3 is 1.32 bits per heavy atom. The Balaban J connectivity index is 1.85. The number of carbonyl (C=O) groups excluding carboxylic acids is 4. The summed E-state index contributed by atoms with van der Waals surface area (Å²) < 4.78 is 91.7. The first kappa shape index (κ1) is 21.7. The van der Waals surface area contributed by atoms with Gasteiger partial charge in [0.05, 0.1) is 13.2 Å². The van der Waals surface area contributed by atoms with E-state index in [1.165, 1.54) is 0 Å². The molecular formula is C12H10F6N2O8. The van der Waals surface area contributed by atoms with Gasteiger partial charge in [-0.3, -0.25) is 20.2 Å². The van der Waals surface area contributed by atoms with Crippen molar-refractivity contribution in [3.8, 4) is 0 Å². The molecule has 0 saturated carbocycles. The van der Waals surface area contributed by atoms with E-state index >= 15 is 0 Å². The van der Waals surface area contributed by atoms with Crippen LogP contribution in [0.25, 0.3) is 0 Å². The Morgan fingerprint density at radius 1 is 0.714 bits per heavy atom. The van der Waals surface area contributed by atoms with Gasteiger partial charge in [-0.2, -0.15) is 26.3 Å². The Morgan fingerprint density at radius 2 is 1.04 bits per heavy atom. The van der Waals surface area contributed by atoms with Gasteiger partial charge in [-0.1, -0.05) is 0 Å². The predicted molar refractivity (Wildman–Crippen MR) is 68.4 cm³/mol. The highest BCUT2D eigenvalue weighted by Crippen LogP contribution is 2.30. The molecule has 4 atom stereocenters. The van der Waals surface area contributed by atoms with Crippen molar-refractivity contribution in [1.82, 2.24) is 10.6 Å². The number of alkyl carbamates (subject to hydrolysis) is 2. The highest BCUT2D eigenvalue weighted by Gasteiger charge is 2.52. The van der Waals surface area contributed by atoms with E-state index in [-0.39, 0.29) is 0 Å². The molecule has 2 fully saturated rings. The van der Waals surface area contributed by atoms with Crippen molar-refractivity contribution in [2.75, 3.05) is 13.2 Å². The number of halogens is 6. The fourth-order valence-electron chi connectivity index (χ4n) is 2.29. The van der Waals surface area contributed by atoms with Crippen molar-refractivity contribution in [2.45, 2.75) is 36.8 Å². The monoisotopic (exact) mass is 424 g/mol. The topological polar surface area (TPSA) is 129 Å². The number of imide groups is 2. The van der Waals surface area contributed by atoms with Crippen molar-refractivity contribution in [2.24, 2.45) is 0 Å². The number of carbonyl (C=O) groups is 4. The van der Waals surface area contributed by atoms with Crippen LogP contribution in [0.1, 0.15) is 0 Å². The summed E-state index contributed by atoms with van der Waals surface area (Å²) >= 11 is 0. The zero-order valence-corrected chi connectivity index (χ0v) is 13.3. The molecule has 0 spiro atoms. The zero-order chi connectivity index (χ0) is 21.3. The molecule has 158 valence electrons. The van der Waals surface area contributed by atoms with Crippen molar-refractivity contribution < 1.29 is 64.5 Å². The minimum Gasteiger partial charge on any atom is -0.441 e. The Kier molecular flexibility index (Phi) is 6.03. The highest BCUT2D eigenvalue weighted by atomic mass is 19.4. The molecule has 0 unspecified atom stereocenters. The van der Waals surface area contributed by atoms with Crippen LogP contribution in [0, 0.1) is 0 Å². The molecule has 2 saturated heterocycles. The lowest BCUT2D eigenvalue weighted by atomic mass is 10.1. The first-order chi connectivity index (χ1) is 12.8. The summed E-state index contributed by atoms with van der Waals surface area (Å²) in [6, 6.07) is 0. The Labute approximate surface area is 150 Å². The van der Waals surface area contributed by atoms with Gasteiger partial charge in [-0.05, 0) is 0 Å². The third-order valence-electron chi connectivity index (χ3n) is 3.43. The van der Waals surface area contributed by atoms with Crippen LogP contribution in [0.3, 0.4) is 0 Å². The van der Waals surface area contributed by atoms with E-state index in [4.69, 9.17) is 9.47 Å². The maximum Gasteiger partial charge on any atom is 0.471 e. The first-order valence-electron chi connectivity index (χ1n) is 7.20. The highest BCUT2D eigenvalue weighted by molar-refractivity contribution is 5.95. The van der Waals surface area contributed by atoms with Gasteiger partial charge in [0.1, 0.15) is 12.2 Å². The van der Waals surface area contributed by atoms with Gasteiger partial charge in [0.15, 0.2) is 12.2 Å². The second-order valence-corrected chi connectivity index (χ2v) is 5.39. The predicted octanol–water partition coefficient (Wildman–Crippen LogP) is 0.151. The number of fused-ring (bicyclic) bond motifs is 1. The third-order valence-corrected chi connectivity index (χ3v) is 3.43. The van der Waals surface area contributed by atoms with Gasteiger partial charge in [0.2, 0.25) is 0 Å². The Hall–Kier alpha value is -2.62. The molecular weight excluding hydrogens is 414 g/mol. The largest absolute Gasteiger partial charge is 0.471 e. The number of rotatable bonds is 2. The first-order valence-corrected chi connectivity index (χ1v) is 7.20. The Bertz CT molecular complexity index is 609. The van der Waals surface area contributed by atoms with E-state index in [1.54, 1.807) is 0 Å². The molecule has 16 heteroatoms. The number of ether oxygens (including phenoxy) is 4. The summed E-state index contributed by atoms with van der Waals surface area (Å²) in [5, 5.41) is 1.86. The molecule has 0 aromatic heterocycles. The van der Waals surface area contributed by atoms with E-state index in [0.717, 1.165) is 10.6 Å². The fraction of sp³-hybridized carbons (Fsp3) is 0.667. The van der Waals surface area contributed by atoms with Crippen LogP contribution in [-0.2, 0) is 28.5 Å². The zero-order valence-electron chi connectivity index (χ0n) is 13.3. The van der Waals surface area contributed by atoms with Crippen LogP contribution < -0.4 is 10.6 Å². The summed E-state index contributed by atoms with van der Waals surface area (Å²) in [5.41, 5.74) is 0. The summed E-state index contributed by atoms with van der Waals surface area (Å²) in [5.74, 6) is -5.12. The normalized spacial score (nSPS) is 26.9. The van der Waals surface area contributed by atoms with Crippen molar-refractivity contribution in [3.63, 3.8) is 0 Å². The lowest BCUT2D eigenvalue weighted by Gasteiger charge is -2.17. The molecule has 2 N–H and O–H groups in total. The van der Waals surface area contributed by atoms with Gasteiger partial charge in [-0.25, -0.2) is 9.59 Å². The summed E-state index contributed by atoms with van der Waals surface area (Å²) in [6.07, 6.45) is -19.0. The number of nitrogens with one attached hydrogen (secondary N) is 2. The van der Waals surface area contributed by atoms with Crippen molar-refractivity contribution >= 4 is 24.0 Å². The number of hydrogen-bond acceptors (Lipinski definition) is 8. The van der Waals surface area contributed by atoms with Crippen LogP contribution in [0.2, 0.25) is 0 Å². The molecule has 28 heavy (non-hydrogen) atoms. The molecule has 2 aliphatic heterocycles. The average molecular weight is 424 g/mol. The minimum absolute atomic E-state index is 0.425. The second-order valence-electron chi connectivity index (χ2n) is 5.39. The number of alkyl halides is 6. The second kappa shape index (κ2) is 7.78. The van der Waals surface area contributed by atoms with Gasteiger partial charge >= 0.3 is 36.4 Å². The van der Waals surface area contributed by atoms with Crippen molar-refractivity contribution in [1.29, 1.82) is 0 Å². The number of amides is 4. The van der Waals surface area contributed by atoms with E-state index in [0.29, 0.717) is 0 Å². The quantitative estimate of drug-likeness (QED) is 0.600. The third kappa shape index (κ3) is 5.22. The molecule has 4 amide bonds. The standard InChI is InChI=1S/C12H10F6N2O8/c13-11(14,15)7(21)19-9(23)27-3-1-25-6-4(2-26-5(3)6)28-10(24)20-8(22)12(16,17)18/h3-6H,1-2H2,(H,19,21,23)(H,20,22,24)/t3-,4+,5-,6-/m1/s1. The van der Waals surface area contributed by atoms with E-state index in [9.17, 15) is 45.5 Å². The van der Waals surface area contributed by atoms with Gasteiger partial charge in [-0.15, -0.1) is 0 Å². The van der Waals surface area contributed by atoms with Crippen LogP contribution in [0.15, 0.2) is 0 Å². The van der Waals surface area contributed by atoms with E-state index < -0.39 is 74.0 Å². The van der Waals surface area contributed by atoms with Gasteiger partial charge in [0.25, 0.3) is 0 Å². The lowest BCUT2D eigenvalue weighted by molar-refractivity contribution is -0.173.